The maximum absolute atomic E-state index is 11.6. The first kappa shape index (κ1) is 13.8. The van der Waals surface area contributed by atoms with Crippen molar-refractivity contribution in [3.05, 3.63) is 0 Å². The van der Waals surface area contributed by atoms with Gasteiger partial charge in [-0.1, -0.05) is 0 Å². The highest BCUT2D eigenvalue weighted by molar-refractivity contribution is 7.98. The van der Waals surface area contributed by atoms with E-state index in [0.717, 1.165) is 39.1 Å². The fourth-order valence-electron chi connectivity index (χ4n) is 1.73. The lowest BCUT2D eigenvalue weighted by atomic mass is 10.3. The van der Waals surface area contributed by atoms with Gasteiger partial charge < -0.3 is 10.6 Å². The van der Waals surface area contributed by atoms with Gasteiger partial charge in [0, 0.05) is 32.7 Å². The predicted molar refractivity (Wildman–Crippen MR) is 69.9 cm³/mol. The van der Waals surface area contributed by atoms with Crippen LogP contribution in [-0.4, -0.2) is 62.1 Å². The van der Waals surface area contributed by atoms with Gasteiger partial charge in [0.2, 0.25) is 5.91 Å². The highest BCUT2D eigenvalue weighted by atomic mass is 32.2. The van der Waals surface area contributed by atoms with Crippen LogP contribution >= 0.6 is 11.8 Å². The van der Waals surface area contributed by atoms with Crippen LogP contribution in [0.2, 0.25) is 0 Å². The number of unbranched alkanes of at least 4 members (excludes halogenated alkanes) is 1. The molecular weight excluding hydrogens is 222 g/mol. The molecule has 1 heterocycles. The minimum absolute atomic E-state index is 0.172. The standard InChI is InChI=1S/C11H23N3OS/c1-16-9-3-2-4-13-11(15)10-14-7-5-12-6-8-14/h12H,2-10H2,1H3,(H,13,15). The molecule has 5 heteroatoms. The lowest BCUT2D eigenvalue weighted by Crippen LogP contribution is -2.47. The summed E-state index contributed by atoms with van der Waals surface area (Å²) in [5.74, 6) is 1.36. The summed E-state index contributed by atoms with van der Waals surface area (Å²) in [4.78, 5) is 13.8. The first-order valence-corrected chi connectivity index (χ1v) is 7.41. The van der Waals surface area contributed by atoms with Gasteiger partial charge in [-0.25, -0.2) is 0 Å². The SMILES string of the molecule is CSCCCCNC(=O)CN1CCNCC1. The molecule has 0 unspecified atom stereocenters. The maximum atomic E-state index is 11.6. The highest BCUT2D eigenvalue weighted by Gasteiger charge is 2.12. The van der Waals surface area contributed by atoms with Crippen LogP contribution in [0.5, 0.6) is 0 Å². The molecule has 1 aliphatic rings. The van der Waals surface area contributed by atoms with E-state index in [2.05, 4.69) is 21.8 Å². The Labute approximate surface area is 103 Å². The number of hydrogen-bond donors (Lipinski definition) is 2. The summed E-state index contributed by atoms with van der Waals surface area (Å²) in [6.45, 7) is 5.36. The molecule has 1 fully saturated rings. The van der Waals surface area contributed by atoms with Gasteiger partial charge in [-0.3, -0.25) is 9.69 Å². The van der Waals surface area contributed by atoms with Crippen LogP contribution < -0.4 is 10.6 Å². The molecule has 16 heavy (non-hydrogen) atoms. The Morgan fingerprint density at radius 1 is 1.38 bits per heavy atom. The molecule has 4 nitrogen and oxygen atoms in total. The van der Waals surface area contributed by atoms with E-state index in [9.17, 15) is 4.79 Å². The Morgan fingerprint density at radius 2 is 2.12 bits per heavy atom. The van der Waals surface area contributed by atoms with Crippen molar-refractivity contribution in [2.75, 3.05) is 51.3 Å². The van der Waals surface area contributed by atoms with Crippen molar-refractivity contribution >= 4 is 17.7 Å². The van der Waals surface area contributed by atoms with Crippen LogP contribution in [0.4, 0.5) is 0 Å². The number of nitrogens with one attached hydrogen (secondary N) is 2. The second kappa shape index (κ2) is 8.84. The fourth-order valence-corrected chi connectivity index (χ4v) is 2.22. The van der Waals surface area contributed by atoms with Crippen LogP contribution in [0.15, 0.2) is 0 Å². The van der Waals surface area contributed by atoms with Crippen molar-refractivity contribution in [2.45, 2.75) is 12.8 Å². The van der Waals surface area contributed by atoms with Crippen LogP contribution in [0.1, 0.15) is 12.8 Å². The third-order valence-electron chi connectivity index (χ3n) is 2.67. The predicted octanol–water partition coefficient (Wildman–Crippen LogP) is 0.151. The zero-order valence-electron chi connectivity index (χ0n) is 10.1. The molecule has 1 amide bonds. The van der Waals surface area contributed by atoms with E-state index >= 15 is 0 Å². The molecule has 94 valence electrons. The quantitative estimate of drug-likeness (QED) is 0.627. The first-order chi connectivity index (χ1) is 7.83. The zero-order chi connectivity index (χ0) is 11.6. The summed E-state index contributed by atoms with van der Waals surface area (Å²) in [7, 11) is 0. The number of thioether (sulfide) groups is 1. The molecule has 0 aromatic rings. The molecule has 1 saturated heterocycles. The summed E-state index contributed by atoms with van der Waals surface area (Å²) < 4.78 is 0. The van der Waals surface area contributed by atoms with Crippen LogP contribution in [-0.2, 0) is 4.79 Å². The van der Waals surface area contributed by atoms with Gasteiger partial charge >= 0.3 is 0 Å². The van der Waals surface area contributed by atoms with E-state index in [1.807, 2.05) is 11.8 Å². The van der Waals surface area contributed by atoms with Gasteiger partial charge in [0.1, 0.15) is 0 Å². The number of amides is 1. The Kier molecular flexibility index (Phi) is 7.63. The largest absolute Gasteiger partial charge is 0.355 e. The summed E-state index contributed by atoms with van der Waals surface area (Å²) in [6.07, 6.45) is 4.40. The summed E-state index contributed by atoms with van der Waals surface area (Å²) in [6, 6.07) is 0. The molecule has 0 bridgehead atoms. The van der Waals surface area contributed by atoms with Crippen LogP contribution in [0.25, 0.3) is 0 Å². The average molecular weight is 245 g/mol. The van der Waals surface area contributed by atoms with Crippen molar-refractivity contribution in [1.29, 1.82) is 0 Å². The molecule has 1 aliphatic heterocycles. The highest BCUT2D eigenvalue weighted by Crippen LogP contribution is 1.98. The van der Waals surface area contributed by atoms with E-state index in [-0.39, 0.29) is 5.91 Å². The number of piperazine rings is 1. The summed E-state index contributed by atoms with van der Waals surface area (Å²) >= 11 is 1.86. The van der Waals surface area contributed by atoms with E-state index in [0.29, 0.717) is 6.54 Å². The minimum Gasteiger partial charge on any atom is -0.355 e. The maximum Gasteiger partial charge on any atom is 0.234 e. The van der Waals surface area contributed by atoms with Crippen molar-refractivity contribution < 1.29 is 4.79 Å². The van der Waals surface area contributed by atoms with Gasteiger partial charge in [0.05, 0.1) is 6.54 Å². The third kappa shape index (κ3) is 6.35. The number of carbonyl (C=O) groups is 1. The van der Waals surface area contributed by atoms with Gasteiger partial charge in [0.15, 0.2) is 0 Å². The second-order valence-electron chi connectivity index (χ2n) is 4.08. The van der Waals surface area contributed by atoms with Crippen molar-refractivity contribution in [3.8, 4) is 0 Å². The Hall–Kier alpha value is -0.260. The zero-order valence-corrected chi connectivity index (χ0v) is 10.9. The summed E-state index contributed by atoms with van der Waals surface area (Å²) in [5.41, 5.74) is 0. The molecule has 0 aromatic carbocycles. The molecule has 2 N–H and O–H groups in total. The number of carbonyl (C=O) groups excluding carboxylic acids is 1. The molecule has 0 radical (unpaired) electrons. The van der Waals surface area contributed by atoms with Gasteiger partial charge in [-0.15, -0.1) is 0 Å². The Morgan fingerprint density at radius 3 is 2.81 bits per heavy atom. The van der Waals surface area contributed by atoms with Gasteiger partial charge in [-0.2, -0.15) is 11.8 Å². The minimum atomic E-state index is 0.172. The Bertz CT molecular complexity index is 196. The number of nitrogens with zero attached hydrogens (tertiary/aromatic N) is 1. The number of hydrogen-bond acceptors (Lipinski definition) is 4. The normalized spacial score (nSPS) is 17.3. The van der Waals surface area contributed by atoms with E-state index in [1.165, 1.54) is 12.2 Å². The number of rotatable bonds is 7. The molecule has 0 spiro atoms. The van der Waals surface area contributed by atoms with Gasteiger partial charge in [0.25, 0.3) is 0 Å². The molecule has 0 aromatic heterocycles. The molecule has 0 saturated carbocycles. The van der Waals surface area contributed by atoms with Crippen molar-refractivity contribution in [2.24, 2.45) is 0 Å². The average Bonchev–Trinajstić information content (AvgIpc) is 2.30. The fraction of sp³-hybridized carbons (Fsp3) is 0.909. The summed E-state index contributed by atoms with van der Waals surface area (Å²) in [5, 5.41) is 6.26. The van der Waals surface area contributed by atoms with E-state index in [4.69, 9.17) is 0 Å². The molecule has 0 atom stereocenters. The molecule has 0 aliphatic carbocycles. The second-order valence-corrected chi connectivity index (χ2v) is 5.06. The first-order valence-electron chi connectivity index (χ1n) is 6.01. The van der Waals surface area contributed by atoms with E-state index in [1.54, 1.807) is 0 Å². The van der Waals surface area contributed by atoms with E-state index < -0.39 is 0 Å². The van der Waals surface area contributed by atoms with Crippen LogP contribution in [0.3, 0.4) is 0 Å². The Balaban J connectivity index is 1.97. The molecular formula is C11H23N3OS. The van der Waals surface area contributed by atoms with Crippen molar-refractivity contribution in [1.82, 2.24) is 15.5 Å². The topological polar surface area (TPSA) is 44.4 Å². The monoisotopic (exact) mass is 245 g/mol. The third-order valence-corrected chi connectivity index (χ3v) is 3.37. The lowest BCUT2D eigenvalue weighted by molar-refractivity contribution is -0.122. The van der Waals surface area contributed by atoms with Crippen molar-refractivity contribution in [3.63, 3.8) is 0 Å². The van der Waals surface area contributed by atoms with Crippen LogP contribution in [0, 0.1) is 0 Å². The van der Waals surface area contributed by atoms with Gasteiger partial charge in [-0.05, 0) is 24.9 Å². The molecule has 1 rings (SSSR count). The smallest absolute Gasteiger partial charge is 0.234 e. The lowest BCUT2D eigenvalue weighted by Gasteiger charge is -2.26.